The van der Waals surface area contributed by atoms with E-state index in [1.165, 1.54) is 43.4 Å². The molecule has 0 bridgehead atoms. The van der Waals surface area contributed by atoms with Gasteiger partial charge in [-0.1, -0.05) is 23.2 Å². The van der Waals surface area contributed by atoms with Gasteiger partial charge in [-0.15, -0.1) is 0 Å². The first kappa shape index (κ1) is 22.9. The smallest absolute Gasteiger partial charge is 0.265 e. The predicted molar refractivity (Wildman–Crippen MR) is 113 cm³/mol. The summed E-state index contributed by atoms with van der Waals surface area (Å²) < 4.78 is 67.3. The third-order valence-electron chi connectivity index (χ3n) is 4.31. The fourth-order valence-corrected chi connectivity index (χ4v) is 4.42. The van der Waals surface area contributed by atoms with E-state index in [0.717, 1.165) is 16.4 Å². The van der Waals surface area contributed by atoms with E-state index in [-0.39, 0.29) is 15.5 Å². The van der Waals surface area contributed by atoms with Crippen LogP contribution in [-0.4, -0.2) is 21.4 Å². The number of anilines is 2. The van der Waals surface area contributed by atoms with E-state index < -0.39 is 39.1 Å². The molecule has 0 aliphatic rings. The number of halogens is 5. The number of nitrogens with zero attached hydrogens (tertiary/aromatic N) is 1. The van der Waals surface area contributed by atoms with Gasteiger partial charge in [-0.2, -0.15) is 0 Å². The molecule has 11 heteroatoms. The van der Waals surface area contributed by atoms with Gasteiger partial charge in [0.15, 0.2) is 17.5 Å². The van der Waals surface area contributed by atoms with Crippen LogP contribution in [0.2, 0.25) is 10.0 Å². The Kier molecular flexibility index (Phi) is 6.49. The highest BCUT2D eigenvalue weighted by Crippen LogP contribution is 2.29. The van der Waals surface area contributed by atoms with Crippen molar-refractivity contribution in [2.45, 2.75) is 4.90 Å². The number of benzene rings is 3. The highest BCUT2D eigenvalue weighted by Gasteiger charge is 2.26. The molecule has 3 aromatic carbocycles. The average molecular weight is 489 g/mol. The Morgan fingerprint density at radius 2 is 1.58 bits per heavy atom. The number of rotatable bonds is 5. The van der Waals surface area contributed by atoms with Crippen LogP contribution in [-0.2, 0) is 10.0 Å². The molecule has 0 radical (unpaired) electrons. The van der Waals surface area contributed by atoms with Gasteiger partial charge in [-0.05, 0) is 54.6 Å². The van der Waals surface area contributed by atoms with Crippen molar-refractivity contribution < 1.29 is 26.4 Å². The Morgan fingerprint density at radius 1 is 0.935 bits per heavy atom. The summed E-state index contributed by atoms with van der Waals surface area (Å²) in [5.74, 6) is -5.70. The van der Waals surface area contributed by atoms with E-state index in [9.17, 15) is 26.4 Å². The van der Waals surface area contributed by atoms with E-state index in [1.807, 2.05) is 0 Å². The minimum absolute atomic E-state index is 0.156. The van der Waals surface area contributed by atoms with E-state index in [2.05, 4.69) is 5.32 Å². The maximum Gasteiger partial charge on any atom is 0.265 e. The first-order valence-corrected chi connectivity index (χ1v) is 10.7. The number of hydrogen-bond donors (Lipinski definition) is 1. The SMILES string of the molecule is CN(c1ccc(Cl)cc1)S(=O)(=O)c1cc(C(=O)Nc2ccc(F)c(F)c2F)ccc1Cl. The van der Waals surface area contributed by atoms with Gasteiger partial charge in [0.2, 0.25) is 0 Å². The second-order valence-corrected chi connectivity index (χ2v) is 9.05. The Bertz CT molecular complexity index is 1270. The summed E-state index contributed by atoms with van der Waals surface area (Å²) in [5.41, 5.74) is -0.516. The monoisotopic (exact) mass is 488 g/mol. The van der Waals surface area contributed by atoms with Gasteiger partial charge < -0.3 is 5.32 Å². The van der Waals surface area contributed by atoms with E-state index in [1.54, 1.807) is 0 Å². The molecule has 0 spiro atoms. The summed E-state index contributed by atoms with van der Waals surface area (Å²) >= 11 is 11.9. The zero-order valence-electron chi connectivity index (χ0n) is 15.7. The summed E-state index contributed by atoms with van der Waals surface area (Å²) in [4.78, 5) is 12.1. The highest BCUT2D eigenvalue weighted by molar-refractivity contribution is 7.93. The molecule has 0 atom stereocenters. The molecule has 5 nitrogen and oxygen atoms in total. The van der Waals surface area contributed by atoms with Crippen molar-refractivity contribution in [3.63, 3.8) is 0 Å². The maximum absolute atomic E-state index is 13.8. The molecular formula is C20H13Cl2F3N2O3S. The van der Waals surface area contributed by atoms with Crippen LogP contribution in [0.1, 0.15) is 10.4 Å². The summed E-state index contributed by atoms with van der Waals surface area (Å²) in [6.45, 7) is 0. The lowest BCUT2D eigenvalue weighted by molar-refractivity contribution is 0.102. The molecule has 162 valence electrons. The lowest BCUT2D eigenvalue weighted by Gasteiger charge is -2.20. The minimum Gasteiger partial charge on any atom is -0.319 e. The van der Waals surface area contributed by atoms with Crippen molar-refractivity contribution in [3.05, 3.63) is 87.7 Å². The number of sulfonamides is 1. The van der Waals surface area contributed by atoms with E-state index in [0.29, 0.717) is 16.8 Å². The number of carbonyl (C=O) groups excluding carboxylic acids is 1. The Balaban J connectivity index is 1.95. The third-order valence-corrected chi connectivity index (χ3v) is 6.82. The lowest BCUT2D eigenvalue weighted by Crippen LogP contribution is -2.27. The van der Waals surface area contributed by atoms with Gasteiger partial charge in [-0.25, -0.2) is 21.6 Å². The average Bonchev–Trinajstić information content (AvgIpc) is 2.74. The normalized spacial score (nSPS) is 11.3. The van der Waals surface area contributed by atoms with Crippen LogP contribution in [0.4, 0.5) is 24.5 Å². The number of nitrogens with one attached hydrogen (secondary N) is 1. The molecular weight excluding hydrogens is 476 g/mol. The van der Waals surface area contributed by atoms with Crippen molar-refractivity contribution in [3.8, 4) is 0 Å². The van der Waals surface area contributed by atoms with Gasteiger partial charge in [-0.3, -0.25) is 9.10 Å². The zero-order valence-corrected chi connectivity index (χ0v) is 18.0. The Morgan fingerprint density at radius 3 is 2.23 bits per heavy atom. The van der Waals surface area contributed by atoms with Crippen LogP contribution in [0.25, 0.3) is 0 Å². The van der Waals surface area contributed by atoms with Crippen LogP contribution in [0.5, 0.6) is 0 Å². The summed E-state index contributed by atoms with van der Waals surface area (Å²) in [7, 11) is -2.90. The fourth-order valence-electron chi connectivity index (χ4n) is 2.60. The molecule has 1 N–H and O–H groups in total. The van der Waals surface area contributed by atoms with Gasteiger partial charge in [0.25, 0.3) is 15.9 Å². The molecule has 0 aliphatic carbocycles. The van der Waals surface area contributed by atoms with Crippen LogP contribution in [0, 0.1) is 17.5 Å². The molecule has 0 saturated heterocycles. The summed E-state index contributed by atoms with van der Waals surface area (Å²) in [5, 5.41) is 2.33. The molecule has 31 heavy (non-hydrogen) atoms. The standard InChI is InChI=1S/C20H13Cl2F3N2O3S/c1-27(13-5-3-12(21)4-6-13)31(29,30)17-10-11(2-7-14(17)22)20(28)26-16-9-8-15(23)18(24)19(16)25/h2-10H,1H3,(H,26,28). The van der Waals surface area contributed by atoms with E-state index in [4.69, 9.17) is 23.2 Å². The largest absolute Gasteiger partial charge is 0.319 e. The van der Waals surface area contributed by atoms with Crippen molar-refractivity contribution in [1.82, 2.24) is 0 Å². The number of hydrogen-bond acceptors (Lipinski definition) is 3. The second kappa shape index (κ2) is 8.78. The molecule has 3 rings (SSSR count). The topological polar surface area (TPSA) is 66.5 Å². The van der Waals surface area contributed by atoms with Crippen molar-refractivity contribution in [1.29, 1.82) is 0 Å². The van der Waals surface area contributed by atoms with Gasteiger partial charge in [0.05, 0.1) is 16.4 Å². The molecule has 0 aliphatic heterocycles. The highest BCUT2D eigenvalue weighted by atomic mass is 35.5. The predicted octanol–water partition coefficient (Wildman–Crippen LogP) is 5.49. The van der Waals surface area contributed by atoms with Crippen LogP contribution in [0.15, 0.2) is 59.5 Å². The molecule has 0 saturated carbocycles. The van der Waals surface area contributed by atoms with Crippen molar-refractivity contribution >= 4 is 50.5 Å². The molecule has 1 amide bonds. The van der Waals surface area contributed by atoms with Crippen LogP contribution < -0.4 is 9.62 Å². The fraction of sp³-hybridized carbons (Fsp3) is 0.0500. The zero-order chi connectivity index (χ0) is 22.9. The van der Waals surface area contributed by atoms with Crippen molar-refractivity contribution in [2.75, 3.05) is 16.7 Å². The number of amides is 1. The molecule has 0 heterocycles. The second-order valence-electron chi connectivity index (χ2n) is 6.27. The number of carbonyl (C=O) groups is 1. The molecule has 0 aromatic heterocycles. The van der Waals surface area contributed by atoms with Gasteiger partial charge in [0, 0.05) is 17.6 Å². The first-order valence-electron chi connectivity index (χ1n) is 8.51. The summed E-state index contributed by atoms with van der Waals surface area (Å²) in [6, 6.07) is 10.8. The van der Waals surface area contributed by atoms with E-state index >= 15 is 0 Å². The maximum atomic E-state index is 13.8. The van der Waals surface area contributed by atoms with Gasteiger partial charge >= 0.3 is 0 Å². The Hall–Kier alpha value is -2.75. The van der Waals surface area contributed by atoms with Gasteiger partial charge in [0.1, 0.15) is 4.90 Å². The lowest BCUT2D eigenvalue weighted by atomic mass is 10.2. The molecule has 0 fully saturated rings. The minimum atomic E-state index is -4.19. The van der Waals surface area contributed by atoms with Crippen LogP contribution >= 0.6 is 23.2 Å². The quantitative estimate of drug-likeness (QED) is 0.483. The summed E-state index contributed by atoms with van der Waals surface area (Å²) in [6.07, 6.45) is 0. The third kappa shape index (κ3) is 4.63. The first-order chi connectivity index (χ1) is 14.5. The Labute approximate surface area is 186 Å². The molecule has 0 unspecified atom stereocenters. The van der Waals surface area contributed by atoms with Crippen LogP contribution in [0.3, 0.4) is 0 Å². The van der Waals surface area contributed by atoms with Crippen molar-refractivity contribution in [2.24, 2.45) is 0 Å². The molecule has 3 aromatic rings.